The maximum Gasteiger partial charge on any atom is 0.350 e. The van der Waals surface area contributed by atoms with E-state index in [9.17, 15) is 4.79 Å². The molecule has 0 aliphatic heterocycles. The van der Waals surface area contributed by atoms with Crippen LogP contribution in [0.15, 0.2) is 24.3 Å². The maximum absolute atomic E-state index is 11.6. The van der Waals surface area contributed by atoms with Crippen molar-refractivity contribution in [1.82, 2.24) is 4.98 Å². The van der Waals surface area contributed by atoms with Gasteiger partial charge in [-0.05, 0) is 24.5 Å². The summed E-state index contributed by atoms with van der Waals surface area (Å²) in [7, 11) is 1.38. The van der Waals surface area contributed by atoms with Crippen molar-refractivity contribution in [3.05, 3.63) is 40.4 Å². The number of nitrogens with one attached hydrogen (secondary N) is 1. The molecule has 0 radical (unpaired) electrons. The molecule has 0 amide bonds. The number of aryl methyl sites for hydroxylation is 1. The van der Waals surface area contributed by atoms with Crippen LogP contribution in [0.3, 0.4) is 0 Å². The van der Waals surface area contributed by atoms with Gasteiger partial charge in [-0.25, -0.2) is 9.78 Å². The van der Waals surface area contributed by atoms with Gasteiger partial charge in [0.2, 0.25) is 0 Å². The molecule has 1 N–H and O–H groups in total. The molecule has 0 atom stereocenters. The highest BCUT2D eigenvalue weighted by Gasteiger charge is 2.16. The van der Waals surface area contributed by atoms with Crippen molar-refractivity contribution in [2.75, 3.05) is 12.4 Å². The van der Waals surface area contributed by atoms with Gasteiger partial charge in [0.25, 0.3) is 0 Å². The fourth-order valence-corrected chi connectivity index (χ4v) is 2.86. The third kappa shape index (κ3) is 2.99. The van der Waals surface area contributed by atoms with Gasteiger partial charge in [0.15, 0.2) is 5.13 Å². The molecule has 0 spiro atoms. The van der Waals surface area contributed by atoms with E-state index in [1.807, 2.05) is 25.1 Å². The number of thiazole rings is 1. The number of esters is 1. The second-order valence-corrected chi connectivity index (χ2v) is 5.79. The predicted octanol–water partition coefficient (Wildman–Crippen LogP) is 4.11. The summed E-state index contributed by atoms with van der Waals surface area (Å²) >= 11 is 1.31. The van der Waals surface area contributed by atoms with Crippen molar-refractivity contribution < 1.29 is 9.53 Å². The van der Waals surface area contributed by atoms with E-state index in [4.69, 9.17) is 4.74 Å². The topological polar surface area (TPSA) is 51.2 Å². The highest BCUT2D eigenvalue weighted by atomic mass is 32.1. The van der Waals surface area contributed by atoms with E-state index in [1.54, 1.807) is 0 Å². The zero-order chi connectivity index (χ0) is 14.7. The molecular weight excluding hydrogens is 272 g/mol. The van der Waals surface area contributed by atoms with E-state index in [0.29, 0.717) is 21.6 Å². The van der Waals surface area contributed by atoms with Gasteiger partial charge in [-0.15, -0.1) is 0 Å². The number of aromatic nitrogens is 1. The molecule has 2 rings (SSSR count). The van der Waals surface area contributed by atoms with Crippen LogP contribution >= 0.6 is 11.3 Å². The van der Waals surface area contributed by atoms with Crippen molar-refractivity contribution in [2.45, 2.75) is 26.7 Å². The smallest absolute Gasteiger partial charge is 0.350 e. The number of carbonyl (C=O) groups excluding carboxylic acids is 1. The number of hydrogen-bond acceptors (Lipinski definition) is 5. The molecule has 2 aromatic rings. The Bertz CT molecular complexity index is 620. The number of para-hydroxylation sites is 1. The van der Waals surface area contributed by atoms with Gasteiger partial charge < -0.3 is 10.1 Å². The van der Waals surface area contributed by atoms with Crippen LogP contribution in [0, 0.1) is 6.92 Å². The molecule has 1 aromatic carbocycles. The van der Waals surface area contributed by atoms with Crippen LogP contribution in [0.4, 0.5) is 10.8 Å². The van der Waals surface area contributed by atoms with Crippen molar-refractivity contribution in [3.63, 3.8) is 0 Å². The highest BCUT2D eigenvalue weighted by Crippen LogP contribution is 2.30. The summed E-state index contributed by atoms with van der Waals surface area (Å²) in [5.41, 5.74) is 2.93. The van der Waals surface area contributed by atoms with Crippen molar-refractivity contribution in [1.29, 1.82) is 0 Å². The van der Waals surface area contributed by atoms with Gasteiger partial charge in [0, 0.05) is 5.69 Å². The Hall–Kier alpha value is -1.88. The van der Waals surface area contributed by atoms with E-state index in [0.717, 1.165) is 5.69 Å². The molecule has 20 heavy (non-hydrogen) atoms. The van der Waals surface area contributed by atoms with Gasteiger partial charge >= 0.3 is 5.97 Å². The number of benzene rings is 1. The van der Waals surface area contributed by atoms with Gasteiger partial charge in [-0.3, -0.25) is 0 Å². The maximum atomic E-state index is 11.6. The molecule has 5 heteroatoms. The van der Waals surface area contributed by atoms with Crippen LogP contribution in [0.5, 0.6) is 0 Å². The molecule has 4 nitrogen and oxygen atoms in total. The third-order valence-electron chi connectivity index (χ3n) is 2.99. The first-order valence-corrected chi connectivity index (χ1v) is 7.26. The van der Waals surface area contributed by atoms with Crippen molar-refractivity contribution >= 4 is 28.1 Å². The summed E-state index contributed by atoms with van der Waals surface area (Å²) in [5.74, 6) is 0.0741. The van der Waals surface area contributed by atoms with E-state index in [-0.39, 0.29) is 5.97 Å². The summed E-state index contributed by atoms with van der Waals surface area (Å²) in [6, 6.07) is 8.11. The second kappa shape index (κ2) is 6.05. The van der Waals surface area contributed by atoms with Crippen LogP contribution in [-0.4, -0.2) is 18.1 Å². The minimum atomic E-state index is -0.342. The Kier molecular flexibility index (Phi) is 4.39. The van der Waals surface area contributed by atoms with Gasteiger partial charge in [-0.1, -0.05) is 43.4 Å². The minimum Gasteiger partial charge on any atom is -0.465 e. The summed E-state index contributed by atoms with van der Waals surface area (Å²) in [6.07, 6.45) is 0. The molecule has 0 aliphatic carbocycles. The second-order valence-electron chi connectivity index (χ2n) is 4.79. The van der Waals surface area contributed by atoms with Crippen LogP contribution < -0.4 is 5.32 Å². The van der Waals surface area contributed by atoms with Crippen LogP contribution in [-0.2, 0) is 4.74 Å². The zero-order valence-corrected chi connectivity index (χ0v) is 12.9. The molecule has 106 valence electrons. The average Bonchev–Trinajstić information content (AvgIpc) is 2.79. The first-order chi connectivity index (χ1) is 9.52. The summed E-state index contributed by atoms with van der Waals surface area (Å²) in [5, 5.41) is 4.00. The van der Waals surface area contributed by atoms with E-state index < -0.39 is 0 Å². The molecule has 1 aromatic heterocycles. The van der Waals surface area contributed by atoms with Crippen molar-refractivity contribution in [2.24, 2.45) is 0 Å². The lowest BCUT2D eigenvalue weighted by atomic mass is 10.0. The average molecular weight is 290 g/mol. The quantitative estimate of drug-likeness (QED) is 0.861. The van der Waals surface area contributed by atoms with Gasteiger partial charge in [0.05, 0.1) is 12.8 Å². The number of hydrogen-bond donors (Lipinski definition) is 1. The molecule has 0 saturated carbocycles. The van der Waals surface area contributed by atoms with Crippen LogP contribution in [0.25, 0.3) is 0 Å². The lowest BCUT2D eigenvalue weighted by Crippen LogP contribution is -1.99. The summed E-state index contributed by atoms with van der Waals surface area (Å²) < 4.78 is 4.75. The number of ether oxygens (including phenoxy) is 1. The normalized spacial score (nSPS) is 10.7. The molecule has 0 unspecified atom stereocenters. The fourth-order valence-electron chi connectivity index (χ4n) is 1.96. The first-order valence-electron chi connectivity index (χ1n) is 6.44. The van der Waals surface area contributed by atoms with Gasteiger partial charge in [0.1, 0.15) is 4.88 Å². The Morgan fingerprint density at radius 2 is 2.05 bits per heavy atom. The molecule has 0 aliphatic rings. The molecule has 0 bridgehead atoms. The molecule has 0 fully saturated rings. The number of methoxy groups -OCH3 is 1. The number of carbonyl (C=O) groups is 1. The predicted molar refractivity (Wildman–Crippen MR) is 82.0 cm³/mol. The number of anilines is 2. The Morgan fingerprint density at radius 1 is 1.35 bits per heavy atom. The van der Waals surface area contributed by atoms with Gasteiger partial charge in [-0.2, -0.15) is 0 Å². The molecule has 0 saturated heterocycles. The molecule has 1 heterocycles. The minimum absolute atomic E-state index is 0.342. The summed E-state index contributed by atoms with van der Waals surface area (Å²) in [6.45, 7) is 6.10. The zero-order valence-electron chi connectivity index (χ0n) is 12.1. The SMILES string of the molecule is COC(=O)c1sc(Nc2ccccc2C(C)C)nc1C. The van der Waals surface area contributed by atoms with E-state index in [1.165, 1.54) is 24.0 Å². The van der Waals surface area contributed by atoms with Crippen LogP contribution in [0.2, 0.25) is 0 Å². The first kappa shape index (κ1) is 14.5. The van der Waals surface area contributed by atoms with Crippen LogP contribution in [0.1, 0.15) is 40.7 Å². The standard InChI is InChI=1S/C15H18N2O2S/c1-9(2)11-7-5-6-8-12(11)17-15-16-10(3)13(20-15)14(18)19-4/h5-9H,1-4H3,(H,16,17). The third-order valence-corrected chi connectivity index (χ3v) is 4.04. The monoisotopic (exact) mass is 290 g/mol. The summed E-state index contributed by atoms with van der Waals surface area (Å²) in [4.78, 5) is 16.5. The van der Waals surface area contributed by atoms with E-state index >= 15 is 0 Å². The fraction of sp³-hybridized carbons (Fsp3) is 0.333. The Balaban J connectivity index is 2.29. The largest absolute Gasteiger partial charge is 0.465 e. The lowest BCUT2D eigenvalue weighted by molar-refractivity contribution is 0.0605. The lowest BCUT2D eigenvalue weighted by Gasteiger charge is -2.12. The Labute approximate surface area is 122 Å². The van der Waals surface area contributed by atoms with E-state index in [2.05, 4.69) is 30.2 Å². The number of nitrogens with zero attached hydrogens (tertiary/aromatic N) is 1. The number of rotatable bonds is 4. The highest BCUT2D eigenvalue weighted by molar-refractivity contribution is 7.17. The molecular formula is C15H18N2O2S. The Morgan fingerprint density at radius 3 is 2.70 bits per heavy atom. The van der Waals surface area contributed by atoms with Crippen molar-refractivity contribution in [3.8, 4) is 0 Å².